The highest BCUT2D eigenvalue weighted by Crippen LogP contribution is 2.41. The number of furan rings is 2. The topological polar surface area (TPSA) is 41.6 Å². The van der Waals surface area contributed by atoms with Gasteiger partial charge < -0.3 is 19.1 Å². The quantitative estimate of drug-likeness (QED) is 0.174. The molecule has 0 aliphatic carbocycles. The number of para-hydroxylation sites is 4. The Morgan fingerprint density at radius 2 is 0.808 bits per heavy atom. The summed E-state index contributed by atoms with van der Waals surface area (Å²) >= 11 is 16.1. The first kappa shape index (κ1) is 46.9. The Morgan fingerprint density at radius 3 is 1.41 bits per heavy atom. The Balaban J connectivity index is 0.000000123. The van der Waals surface area contributed by atoms with E-state index in [0.717, 1.165) is 86.8 Å². The third-order valence-electron chi connectivity index (χ3n) is 14.6. The van der Waals surface area contributed by atoms with E-state index in [1.807, 2.05) is 78.9 Å². The van der Waals surface area contributed by atoms with E-state index in [-0.39, 0.29) is 0 Å². The molecule has 1 N–H and O–H groups in total. The van der Waals surface area contributed by atoms with Crippen molar-refractivity contribution in [3.05, 3.63) is 233 Å². The molecule has 0 atom stereocenters. The van der Waals surface area contributed by atoms with Gasteiger partial charge in [-0.1, -0.05) is 162 Å². The van der Waals surface area contributed by atoms with Gasteiger partial charge in [0.1, 0.15) is 38.5 Å². The van der Waals surface area contributed by atoms with Crippen molar-refractivity contribution in [1.29, 1.82) is 0 Å². The standard InChI is InChI=1S/C32H24ClNOSi.C18H13NO.C14H12BrClSi/c1-36(2)31-18-21(33)12-15-27(31)28-17-14-24(20-32(28)36)34(22-8-4-3-5-9-22)23-13-16-26-25-10-6-7-11-29(25)35-30(26)19-23;1-2-6-13(7-3-1)19-14-10-11-16-15-8-4-5-9-17(15)20-18(16)12-14;1-17(2)13-7-9(15)3-5-11(13)12-6-4-10(16)8-14(12)17/h3-20H,1-2H3;1-12,19H;3-8H,1-2H3. The molecule has 0 spiro atoms. The average Bonchev–Trinajstić information content (AvgIpc) is 4.09. The molecular formula is C64H49BrCl2N2O2Si2. The van der Waals surface area contributed by atoms with Crippen molar-refractivity contribution in [3.63, 3.8) is 0 Å². The Bertz CT molecular complexity index is 4020. The van der Waals surface area contributed by atoms with Crippen LogP contribution in [0.2, 0.25) is 36.2 Å². The van der Waals surface area contributed by atoms with Crippen molar-refractivity contribution in [2.45, 2.75) is 26.2 Å². The predicted molar refractivity (Wildman–Crippen MR) is 320 cm³/mol. The van der Waals surface area contributed by atoms with Crippen molar-refractivity contribution < 1.29 is 8.83 Å². The Kier molecular flexibility index (Phi) is 12.0. The van der Waals surface area contributed by atoms with Crippen LogP contribution in [0, 0.1) is 0 Å². The van der Waals surface area contributed by atoms with E-state index in [9.17, 15) is 0 Å². The molecule has 73 heavy (non-hydrogen) atoms. The van der Waals surface area contributed by atoms with Gasteiger partial charge in [-0.2, -0.15) is 0 Å². The van der Waals surface area contributed by atoms with Crippen LogP contribution in [0.1, 0.15) is 0 Å². The van der Waals surface area contributed by atoms with Crippen LogP contribution in [0.4, 0.5) is 28.4 Å². The molecule has 14 rings (SSSR count). The average molecular weight is 1090 g/mol. The van der Waals surface area contributed by atoms with E-state index in [2.05, 4.69) is 192 Å². The van der Waals surface area contributed by atoms with Crippen molar-refractivity contribution in [2.75, 3.05) is 10.2 Å². The number of nitrogens with one attached hydrogen (secondary N) is 1. The zero-order chi connectivity index (χ0) is 50.0. The lowest BCUT2D eigenvalue weighted by atomic mass is 10.0. The van der Waals surface area contributed by atoms with Gasteiger partial charge in [0, 0.05) is 76.6 Å². The molecule has 0 saturated heterocycles. The summed E-state index contributed by atoms with van der Waals surface area (Å²) in [5.41, 5.74) is 14.5. The zero-order valence-corrected chi connectivity index (χ0v) is 45.8. The normalized spacial score (nSPS) is 13.4. The smallest absolute Gasteiger partial charge is 0.137 e. The minimum atomic E-state index is -1.89. The first-order valence-corrected chi connectivity index (χ1v) is 32.0. The molecule has 2 aliphatic rings. The predicted octanol–water partition coefficient (Wildman–Crippen LogP) is 17.7. The first-order chi connectivity index (χ1) is 35.4. The summed E-state index contributed by atoms with van der Waals surface area (Å²) < 4.78 is 13.3. The van der Waals surface area contributed by atoms with Gasteiger partial charge in [0.15, 0.2) is 0 Å². The summed E-state index contributed by atoms with van der Waals surface area (Å²) in [5.74, 6) is 0. The summed E-state index contributed by atoms with van der Waals surface area (Å²) in [7, 11) is -3.45. The van der Waals surface area contributed by atoms with E-state index in [0.29, 0.717) is 0 Å². The van der Waals surface area contributed by atoms with Crippen LogP contribution in [0.5, 0.6) is 0 Å². The third kappa shape index (κ3) is 8.59. The van der Waals surface area contributed by atoms with Crippen LogP contribution >= 0.6 is 39.1 Å². The SMILES string of the molecule is C[Si]1(C)c2cc(Cl)ccc2-c2ccc(Br)cc21.C[Si]1(C)c2cc(Cl)ccc2-c2ccc(N(c3ccccc3)c3ccc4c(c3)oc3ccccc34)cc21.c1ccc(Nc2ccc3c(c2)oc2ccccc23)cc1. The lowest BCUT2D eigenvalue weighted by Gasteiger charge is -2.27. The lowest BCUT2D eigenvalue weighted by molar-refractivity contribution is 0.668. The highest BCUT2D eigenvalue weighted by atomic mass is 79.9. The van der Waals surface area contributed by atoms with Crippen LogP contribution in [0.3, 0.4) is 0 Å². The Hall–Kier alpha value is -7.11. The lowest BCUT2D eigenvalue weighted by Crippen LogP contribution is -2.49. The third-order valence-corrected chi connectivity index (χ3v) is 22.6. The number of rotatable bonds is 5. The minimum absolute atomic E-state index is 0.812. The van der Waals surface area contributed by atoms with E-state index < -0.39 is 16.1 Å². The number of hydrogen-bond donors (Lipinski definition) is 1. The molecular weight excluding hydrogens is 1040 g/mol. The largest absolute Gasteiger partial charge is 0.456 e. The van der Waals surface area contributed by atoms with E-state index in [1.54, 1.807) is 0 Å². The van der Waals surface area contributed by atoms with Gasteiger partial charge in [-0.15, -0.1) is 0 Å². The van der Waals surface area contributed by atoms with Gasteiger partial charge in [-0.25, -0.2) is 0 Å². The maximum Gasteiger partial charge on any atom is 0.137 e. The Morgan fingerprint density at radius 1 is 0.370 bits per heavy atom. The number of hydrogen-bond acceptors (Lipinski definition) is 4. The molecule has 0 saturated carbocycles. The van der Waals surface area contributed by atoms with E-state index in [4.69, 9.17) is 32.0 Å². The highest BCUT2D eigenvalue weighted by Gasteiger charge is 2.39. The molecule has 12 aromatic rings. The van der Waals surface area contributed by atoms with Crippen molar-refractivity contribution >= 4 is 148 Å². The second kappa shape index (κ2) is 18.7. The van der Waals surface area contributed by atoms with Crippen LogP contribution < -0.4 is 31.0 Å². The summed E-state index contributed by atoms with van der Waals surface area (Å²) in [5, 5.41) is 15.5. The molecule has 0 amide bonds. The minimum Gasteiger partial charge on any atom is -0.456 e. The van der Waals surface area contributed by atoms with Gasteiger partial charge in [0.25, 0.3) is 0 Å². The molecule has 2 aromatic heterocycles. The summed E-state index contributed by atoms with van der Waals surface area (Å²) in [6.45, 7) is 9.62. The molecule has 2 aliphatic heterocycles. The van der Waals surface area contributed by atoms with Crippen molar-refractivity contribution in [1.82, 2.24) is 0 Å². The number of fused-ring (bicyclic) bond motifs is 12. The second-order valence-electron chi connectivity index (χ2n) is 19.8. The molecule has 9 heteroatoms. The maximum atomic E-state index is 6.42. The first-order valence-electron chi connectivity index (χ1n) is 24.5. The molecule has 0 fully saturated rings. The summed E-state index contributed by atoms with van der Waals surface area (Å²) in [4.78, 5) is 2.33. The van der Waals surface area contributed by atoms with Crippen molar-refractivity contribution in [2.24, 2.45) is 0 Å². The number of anilines is 5. The molecule has 10 aromatic carbocycles. The summed E-state index contributed by atoms with van der Waals surface area (Å²) in [6, 6.07) is 76.0. The van der Waals surface area contributed by atoms with Crippen molar-refractivity contribution in [3.8, 4) is 22.3 Å². The van der Waals surface area contributed by atoms with Gasteiger partial charge in [0.2, 0.25) is 0 Å². The summed E-state index contributed by atoms with van der Waals surface area (Å²) in [6.07, 6.45) is 0. The van der Waals surface area contributed by atoms with Crippen LogP contribution in [0.15, 0.2) is 232 Å². The number of benzene rings is 10. The zero-order valence-electron chi connectivity index (χ0n) is 40.7. The second-order valence-corrected chi connectivity index (χ2v) is 30.2. The molecule has 4 heterocycles. The van der Waals surface area contributed by atoms with Gasteiger partial charge >= 0.3 is 0 Å². The van der Waals surface area contributed by atoms with E-state index >= 15 is 0 Å². The van der Waals surface area contributed by atoms with E-state index in [1.165, 1.54) is 43.0 Å². The van der Waals surface area contributed by atoms with Crippen LogP contribution in [-0.2, 0) is 0 Å². The van der Waals surface area contributed by atoms with Gasteiger partial charge in [-0.3, -0.25) is 0 Å². The molecule has 0 radical (unpaired) electrons. The number of halogens is 3. The monoisotopic (exact) mass is 1080 g/mol. The fraction of sp³-hybridized carbons (Fsp3) is 0.0625. The van der Waals surface area contributed by atoms with Crippen LogP contribution in [0.25, 0.3) is 66.1 Å². The molecule has 0 unspecified atom stereocenters. The fourth-order valence-electron chi connectivity index (χ4n) is 10.9. The van der Waals surface area contributed by atoms with Gasteiger partial charge in [-0.05, 0) is 152 Å². The maximum absolute atomic E-state index is 6.42. The number of nitrogens with zero attached hydrogens (tertiary/aromatic N) is 1. The highest BCUT2D eigenvalue weighted by molar-refractivity contribution is 9.10. The fourth-order valence-corrected chi connectivity index (χ4v) is 18.2. The molecule has 4 nitrogen and oxygen atoms in total. The molecule has 356 valence electrons. The Labute approximate surface area is 445 Å². The van der Waals surface area contributed by atoms with Gasteiger partial charge in [0.05, 0.1) is 0 Å². The van der Waals surface area contributed by atoms with Crippen LogP contribution in [-0.4, -0.2) is 16.1 Å². The molecule has 0 bridgehead atoms.